The molecule has 0 amide bonds. The second-order valence-corrected chi connectivity index (χ2v) is 5.61. The first-order chi connectivity index (χ1) is 9.72. The van der Waals surface area contributed by atoms with Gasteiger partial charge >= 0.3 is 0 Å². The zero-order valence-electron chi connectivity index (χ0n) is 12.2. The van der Waals surface area contributed by atoms with Crippen molar-refractivity contribution in [3.8, 4) is 0 Å². The van der Waals surface area contributed by atoms with Crippen LogP contribution in [0.25, 0.3) is 0 Å². The molecule has 3 N–H and O–H groups in total. The highest BCUT2D eigenvalue weighted by atomic mass is 16.5. The second kappa shape index (κ2) is 5.63. The van der Waals surface area contributed by atoms with Crippen LogP contribution in [0.4, 0.5) is 5.82 Å². The molecule has 0 aromatic carbocycles. The molecule has 0 aliphatic carbocycles. The third-order valence-corrected chi connectivity index (χ3v) is 4.41. The van der Waals surface area contributed by atoms with E-state index in [1.54, 1.807) is 0 Å². The highest BCUT2D eigenvalue weighted by Gasteiger charge is 2.34. The molecule has 2 atom stereocenters. The predicted molar refractivity (Wildman–Crippen MR) is 77.2 cm³/mol. The minimum Gasteiger partial charge on any atom is -0.367 e. The average Bonchev–Trinajstić information content (AvgIpc) is 2.95. The van der Waals surface area contributed by atoms with Gasteiger partial charge in [0.1, 0.15) is 11.9 Å². The number of fused-ring (bicyclic) bond motifs is 1. The van der Waals surface area contributed by atoms with Gasteiger partial charge < -0.3 is 10.2 Å². The Kier molecular flexibility index (Phi) is 3.87. The van der Waals surface area contributed by atoms with E-state index in [1.165, 1.54) is 19.4 Å². The molecule has 3 rings (SSSR count). The Bertz CT molecular complexity index is 467. The number of hydrazine groups is 1. The van der Waals surface area contributed by atoms with Crippen molar-refractivity contribution in [1.82, 2.24) is 14.9 Å². The summed E-state index contributed by atoms with van der Waals surface area (Å²) in [6.07, 6.45) is 3.35. The van der Waals surface area contributed by atoms with E-state index in [9.17, 15) is 0 Å². The van der Waals surface area contributed by atoms with Crippen LogP contribution >= 0.6 is 0 Å². The van der Waals surface area contributed by atoms with Gasteiger partial charge in [0.25, 0.3) is 0 Å². The van der Waals surface area contributed by atoms with E-state index >= 15 is 0 Å². The molecule has 0 radical (unpaired) electrons. The van der Waals surface area contributed by atoms with E-state index in [1.807, 2.05) is 6.92 Å². The van der Waals surface area contributed by atoms with Crippen molar-refractivity contribution in [3.05, 3.63) is 17.1 Å². The summed E-state index contributed by atoms with van der Waals surface area (Å²) in [4.78, 5) is 11.7. The number of hydrogen-bond acceptors (Lipinski definition) is 6. The van der Waals surface area contributed by atoms with Gasteiger partial charge in [-0.1, -0.05) is 6.92 Å². The Labute approximate surface area is 119 Å². The molecule has 2 fully saturated rings. The summed E-state index contributed by atoms with van der Waals surface area (Å²) >= 11 is 0. The van der Waals surface area contributed by atoms with Crippen molar-refractivity contribution >= 4 is 5.82 Å². The van der Waals surface area contributed by atoms with Crippen molar-refractivity contribution < 1.29 is 4.74 Å². The van der Waals surface area contributed by atoms with Crippen LogP contribution in [-0.2, 0) is 11.2 Å². The first kappa shape index (κ1) is 13.7. The topological polar surface area (TPSA) is 76.3 Å². The molecule has 1 aromatic heterocycles. The molecule has 0 saturated carbocycles. The number of aromatic nitrogens is 2. The van der Waals surface area contributed by atoms with Crippen LogP contribution in [-0.4, -0.2) is 40.6 Å². The number of nitrogens with zero attached hydrogens (tertiary/aromatic N) is 3. The van der Waals surface area contributed by atoms with E-state index in [2.05, 4.69) is 27.2 Å². The number of ether oxygens (including phenoxy) is 1. The molecule has 110 valence electrons. The Morgan fingerprint density at radius 3 is 3.05 bits per heavy atom. The molecule has 0 spiro atoms. The quantitative estimate of drug-likeness (QED) is 0.638. The van der Waals surface area contributed by atoms with Crippen LogP contribution in [0.1, 0.15) is 43.0 Å². The SMILES string of the molecule is CCc1nc(C2CN3CCCC3CO2)nc(NN)c1C. The normalized spacial score (nSPS) is 26.6. The molecular formula is C14H23N5O. The molecule has 6 heteroatoms. The number of anilines is 1. The number of nitrogens with two attached hydrogens (primary N) is 1. The van der Waals surface area contributed by atoms with Crippen molar-refractivity contribution in [2.45, 2.75) is 45.3 Å². The van der Waals surface area contributed by atoms with Gasteiger partial charge in [-0.2, -0.15) is 0 Å². The minimum absolute atomic E-state index is 0.0395. The van der Waals surface area contributed by atoms with Crippen molar-refractivity contribution in [1.29, 1.82) is 0 Å². The molecule has 20 heavy (non-hydrogen) atoms. The first-order valence-corrected chi connectivity index (χ1v) is 7.42. The van der Waals surface area contributed by atoms with Gasteiger partial charge in [-0.25, -0.2) is 15.8 Å². The van der Waals surface area contributed by atoms with Crippen LogP contribution in [0.2, 0.25) is 0 Å². The number of rotatable bonds is 3. The van der Waals surface area contributed by atoms with Crippen molar-refractivity contribution in [2.24, 2.45) is 5.84 Å². The first-order valence-electron chi connectivity index (χ1n) is 7.42. The Hall–Kier alpha value is -1.24. The number of nitrogen functional groups attached to an aromatic ring is 1. The summed E-state index contributed by atoms with van der Waals surface area (Å²) in [5.41, 5.74) is 4.73. The number of hydrogen-bond donors (Lipinski definition) is 2. The summed E-state index contributed by atoms with van der Waals surface area (Å²) in [5.74, 6) is 7.03. The van der Waals surface area contributed by atoms with Crippen LogP contribution in [0.15, 0.2) is 0 Å². The summed E-state index contributed by atoms with van der Waals surface area (Å²) in [6, 6.07) is 0.592. The fraction of sp³-hybridized carbons (Fsp3) is 0.714. The molecule has 6 nitrogen and oxygen atoms in total. The third kappa shape index (κ3) is 2.39. The summed E-state index contributed by atoms with van der Waals surface area (Å²) in [7, 11) is 0. The monoisotopic (exact) mass is 277 g/mol. The average molecular weight is 277 g/mol. The van der Waals surface area contributed by atoms with Crippen LogP contribution in [0, 0.1) is 6.92 Å². The number of aryl methyl sites for hydroxylation is 1. The van der Waals surface area contributed by atoms with Gasteiger partial charge in [0.2, 0.25) is 0 Å². The lowest BCUT2D eigenvalue weighted by Crippen LogP contribution is -2.43. The Balaban J connectivity index is 1.86. The van der Waals surface area contributed by atoms with Gasteiger partial charge in [0.05, 0.1) is 6.61 Å². The van der Waals surface area contributed by atoms with Crippen LogP contribution in [0.3, 0.4) is 0 Å². The van der Waals surface area contributed by atoms with Gasteiger partial charge in [-0.15, -0.1) is 0 Å². The fourth-order valence-electron chi connectivity index (χ4n) is 3.18. The van der Waals surface area contributed by atoms with Gasteiger partial charge in [-0.3, -0.25) is 4.90 Å². The van der Waals surface area contributed by atoms with Crippen molar-refractivity contribution in [2.75, 3.05) is 25.1 Å². The maximum Gasteiger partial charge on any atom is 0.161 e. The zero-order valence-corrected chi connectivity index (χ0v) is 12.2. The third-order valence-electron chi connectivity index (χ3n) is 4.41. The largest absolute Gasteiger partial charge is 0.367 e. The molecule has 2 aliphatic heterocycles. The maximum atomic E-state index is 5.98. The molecule has 3 heterocycles. The standard InChI is InChI=1S/C14H23N5O/c1-3-11-9(2)13(18-15)17-14(16-11)12-7-19-6-4-5-10(19)8-20-12/h10,12H,3-8,15H2,1-2H3,(H,16,17,18). The Morgan fingerprint density at radius 2 is 2.30 bits per heavy atom. The van der Waals surface area contributed by atoms with E-state index in [-0.39, 0.29) is 6.10 Å². The van der Waals surface area contributed by atoms with Crippen molar-refractivity contribution in [3.63, 3.8) is 0 Å². The molecule has 1 aromatic rings. The van der Waals surface area contributed by atoms with Crippen LogP contribution < -0.4 is 11.3 Å². The lowest BCUT2D eigenvalue weighted by atomic mass is 10.1. The maximum absolute atomic E-state index is 5.98. The van der Waals surface area contributed by atoms with Gasteiger partial charge in [0, 0.05) is 23.8 Å². The smallest absolute Gasteiger partial charge is 0.161 e. The van der Waals surface area contributed by atoms with Crippen LogP contribution in [0.5, 0.6) is 0 Å². The molecule has 0 bridgehead atoms. The highest BCUT2D eigenvalue weighted by Crippen LogP contribution is 2.29. The van der Waals surface area contributed by atoms with E-state index in [4.69, 9.17) is 10.6 Å². The predicted octanol–water partition coefficient (Wildman–Crippen LogP) is 1.17. The van der Waals surface area contributed by atoms with Gasteiger partial charge in [-0.05, 0) is 32.7 Å². The molecule has 2 saturated heterocycles. The number of morpholine rings is 1. The summed E-state index contributed by atoms with van der Waals surface area (Å²) in [5, 5.41) is 0. The summed E-state index contributed by atoms with van der Waals surface area (Å²) in [6.45, 7) is 6.93. The zero-order chi connectivity index (χ0) is 14.1. The second-order valence-electron chi connectivity index (χ2n) is 5.61. The van der Waals surface area contributed by atoms with E-state index in [0.717, 1.165) is 36.7 Å². The molecular weight excluding hydrogens is 254 g/mol. The minimum atomic E-state index is -0.0395. The summed E-state index contributed by atoms with van der Waals surface area (Å²) < 4.78 is 5.98. The molecule has 2 aliphatic rings. The number of nitrogens with one attached hydrogen (secondary N) is 1. The highest BCUT2D eigenvalue weighted by molar-refractivity contribution is 5.45. The van der Waals surface area contributed by atoms with E-state index < -0.39 is 0 Å². The Morgan fingerprint density at radius 1 is 1.45 bits per heavy atom. The van der Waals surface area contributed by atoms with Gasteiger partial charge in [0.15, 0.2) is 5.82 Å². The lowest BCUT2D eigenvalue weighted by Gasteiger charge is -2.34. The lowest BCUT2D eigenvalue weighted by molar-refractivity contribution is -0.0541. The fourth-order valence-corrected chi connectivity index (χ4v) is 3.18. The molecule has 2 unspecified atom stereocenters. The van der Waals surface area contributed by atoms with E-state index in [0.29, 0.717) is 11.9 Å².